The van der Waals surface area contributed by atoms with Gasteiger partial charge in [0.05, 0.1) is 10.6 Å². The van der Waals surface area contributed by atoms with Crippen molar-refractivity contribution < 1.29 is 17.9 Å². The lowest BCUT2D eigenvalue weighted by Gasteiger charge is -2.24. The first kappa shape index (κ1) is 23.9. The zero-order valence-electron chi connectivity index (χ0n) is 19.4. The molecule has 1 heterocycles. The molecule has 1 aliphatic rings. The fourth-order valence-corrected chi connectivity index (χ4v) is 6.08. The lowest BCUT2D eigenvalue weighted by molar-refractivity contribution is 0.102. The predicted molar refractivity (Wildman–Crippen MR) is 142 cm³/mol. The van der Waals surface area contributed by atoms with E-state index in [9.17, 15) is 13.2 Å². The predicted octanol–water partition coefficient (Wildman–Crippen LogP) is 6.52. The number of fused-ring (bicyclic) bond motifs is 1. The number of amides is 1. The van der Waals surface area contributed by atoms with Gasteiger partial charge in [0, 0.05) is 22.3 Å². The number of nitrogens with zero attached hydrogens (tertiary/aromatic N) is 1. The molecule has 4 aromatic rings. The number of carbonyl (C=O) groups excluding carboxylic acids is 1. The molecule has 6 nitrogen and oxygen atoms in total. The van der Waals surface area contributed by atoms with Crippen molar-refractivity contribution in [3.8, 4) is 11.5 Å². The van der Waals surface area contributed by atoms with E-state index in [-0.39, 0.29) is 16.8 Å². The van der Waals surface area contributed by atoms with Crippen LogP contribution in [0.4, 0.5) is 11.4 Å². The molecule has 1 N–H and O–H groups in total. The molecule has 0 saturated carbocycles. The Morgan fingerprint density at radius 1 is 0.917 bits per heavy atom. The lowest BCUT2D eigenvalue weighted by Crippen LogP contribution is -2.35. The first-order valence-electron chi connectivity index (χ1n) is 11.4. The molecule has 4 aromatic carbocycles. The normalized spacial score (nSPS) is 14.8. The number of para-hydroxylation sites is 1. The molecule has 36 heavy (non-hydrogen) atoms. The molecule has 0 bridgehead atoms. The van der Waals surface area contributed by atoms with Gasteiger partial charge in [-0.2, -0.15) is 0 Å². The molecule has 8 heteroatoms. The Hall–Kier alpha value is -3.81. The minimum atomic E-state index is -3.76. The topological polar surface area (TPSA) is 75.7 Å². The third-order valence-electron chi connectivity index (χ3n) is 5.96. The van der Waals surface area contributed by atoms with Gasteiger partial charge in [-0.05, 0) is 97.8 Å². The highest BCUT2D eigenvalue weighted by Gasteiger charge is 2.36. The lowest BCUT2D eigenvalue weighted by atomic mass is 10.1. The Kier molecular flexibility index (Phi) is 6.43. The summed E-state index contributed by atoms with van der Waals surface area (Å²) in [5, 5.41) is 3.36. The highest BCUT2D eigenvalue weighted by molar-refractivity contribution is 7.92. The molecule has 1 atom stereocenters. The maximum absolute atomic E-state index is 13.3. The number of ether oxygens (including phenoxy) is 1. The average molecular weight is 519 g/mol. The number of hydrogen-bond acceptors (Lipinski definition) is 4. The van der Waals surface area contributed by atoms with E-state index in [1.807, 2.05) is 37.3 Å². The van der Waals surface area contributed by atoms with E-state index >= 15 is 0 Å². The van der Waals surface area contributed by atoms with Crippen LogP contribution in [0.25, 0.3) is 0 Å². The second kappa shape index (κ2) is 9.68. The summed E-state index contributed by atoms with van der Waals surface area (Å²) in [5.41, 5.74) is 2.47. The fraction of sp³-hybridized carbons (Fsp3) is 0.107. The Morgan fingerprint density at radius 2 is 1.58 bits per heavy atom. The van der Waals surface area contributed by atoms with Crippen molar-refractivity contribution in [3.63, 3.8) is 0 Å². The van der Waals surface area contributed by atoms with E-state index in [1.165, 1.54) is 16.4 Å². The van der Waals surface area contributed by atoms with Crippen LogP contribution in [0.3, 0.4) is 0 Å². The molecule has 0 fully saturated rings. The highest BCUT2D eigenvalue weighted by atomic mass is 35.5. The van der Waals surface area contributed by atoms with Crippen LogP contribution in [0, 0.1) is 0 Å². The highest BCUT2D eigenvalue weighted by Crippen LogP contribution is 2.37. The molecule has 5 rings (SSSR count). The zero-order valence-corrected chi connectivity index (χ0v) is 21.0. The van der Waals surface area contributed by atoms with Gasteiger partial charge in [-0.3, -0.25) is 9.10 Å². The molecule has 0 aliphatic carbocycles. The van der Waals surface area contributed by atoms with E-state index < -0.39 is 10.0 Å². The molecule has 0 unspecified atom stereocenters. The standard InChI is InChI=1S/C28H23ClN2O4S/c1-19-17-21-18-20(7-16-27(21)31(19)36(33,34)26-14-8-22(29)9-15-26)28(32)30-23-10-12-25(13-11-23)35-24-5-3-2-4-6-24/h2-16,18-19H,17H2,1H3,(H,30,32)/t19-/m1/s1. The van der Waals surface area contributed by atoms with Crippen molar-refractivity contribution in [1.82, 2.24) is 0 Å². The Labute approximate surface area is 215 Å². The van der Waals surface area contributed by atoms with Gasteiger partial charge < -0.3 is 10.1 Å². The minimum absolute atomic E-state index is 0.174. The Bertz CT molecular complexity index is 1510. The van der Waals surface area contributed by atoms with E-state index in [2.05, 4.69) is 5.32 Å². The SMILES string of the molecule is C[C@@H]1Cc2cc(C(=O)Nc3ccc(Oc4ccccc4)cc3)ccc2N1S(=O)(=O)c1ccc(Cl)cc1. The molecule has 0 spiro atoms. The molecule has 1 amide bonds. The van der Waals surface area contributed by atoms with Crippen LogP contribution < -0.4 is 14.4 Å². The van der Waals surface area contributed by atoms with Crippen molar-refractivity contribution in [3.05, 3.63) is 113 Å². The molecular weight excluding hydrogens is 496 g/mol. The summed E-state index contributed by atoms with van der Waals surface area (Å²) in [6, 6.07) is 27.5. The number of nitrogens with one attached hydrogen (secondary N) is 1. The number of hydrogen-bond donors (Lipinski definition) is 1. The maximum atomic E-state index is 13.3. The zero-order chi connectivity index (χ0) is 25.3. The number of sulfonamides is 1. The van der Waals surface area contributed by atoms with Crippen LogP contribution in [-0.4, -0.2) is 20.4 Å². The van der Waals surface area contributed by atoms with Crippen LogP contribution in [0.5, 0.6) is 11.5 Å². The van der Waals surface area contributed by atoms with Gasteiger partial charge in [0.25, 0.3) is 15.9 Å². The van der Waals surface area contributed by atoms with Crippen molar-refractivity contribution in [2.75, 3.05) is 9.62 Å². The van der Waals surface area contributed by atoms with Gasteiger partial charge in [-0.15, -0.1) is 0 Å². The molecule has 182 valence electrons. The number of benzene rings is 4. The van der Waals surface area contributed by atoms with Gasteiger partial charge >= 0.3 is 0 Å². The number of halogens is 1. The van der Waals surface area contributed by atoms with Gasteiger partial charge in [0.2, 0.25) is 0 Å². The summed E-state index contributed by atoms with van der Waals surface area (Å²) in [4.78, 5) is 13.1. The molecule has 0 saturated heterocycles. The number of anilines is 2. The first-order valence-corrected chi connectivity index (χ1v) is 13.2. The van der Waals surface area contributed by atoms with Crippen LogP contribution in [0.2, 0.25) is 5.02 Å². The summed E-state index contributed by atoms with van der Waals surface area (Å²) in [6.07, 6.45) is 0.509. The van der Waals surface area contributed by atoms with Gasteiger partial charge in [0.1, 0.15) is 11.5 Å². The molecular formula is C28H23ClN2O4S. The van der Waals surface area contributed by atoms with Crippen LogP contribution >= 0.6 is 11.6 Å². The summed E-state index contributed by atoms with van der Waals surface area (Å²) < 4.78 is 33.8. The molecule has 1 aliphatic heterocycles. The van der Waals surface area contributed by atoms with Crippen molar-refractivity contribution in [2.24, 2.45) is 0 Å². The number of rotatable bonds is 6. The molecule has 0 radical (unpaired) electrons. The third-order valence-corrected chi connectivity index (χ3v) is 8.15. The fourth-order valence-electron chi connectivity index (χ4n) is 4.26. The van der Waals surface area contributed by atoms with E-state index in [0.717, 1.165) is 11.3 Å². The van der Waals surface area contributed by atoms with Crippen molar-refractivity contribution in [2.45, 2.75) is 24.3 Å². The molecule has 0 aromatic heterocycles. The van der Waals surface area contributed by atoms with Crippen LogP contribution in [0.15, 0.2) is 102 Å². The summed E-state index contributed by atoms with van der Waals surface area (Å²) >= 11 is 5.92. The van der Waals surface area contributed by atoms with Gasteiger partial charge in [-0.1, -0.05) is 29.8 Å². The van der Waals surface area contributed by atoms with Crippen LogP contribution in [-0.2, 0) is 16.4 Å². The van der Waals surface area contributed by atoms with Crippen molar-refractivity contribution >= 4 is 38.9 Å². The van der Waals surface area contributed by atoms with Gasteiger partial charge in [-0.25, -0.2) is 8.42 Å². The maximum Gasteiger partial charge on any atom is 0.264 e. The second-order valence-electron chi connectivity index (χ2n) is 8.55. The smallest absolute Gasteiger partial charge is 0.264 e. The summed E-state index contributed by atoms with van der Waals surface area (Å²) in [6.45, 7) is 1.85. The number of carbonyl (C=O) groups is 1. The van der Waals surface area contributed by atoms with Gasteiger partial charge in [0.15, 0.2) is 0 Å². The summed E-state index contributed by atoms with van der Waals surface area (Å²) in [5.74, 6) is 1.11. The Balaban J connectivity index is 1.32. The monoisotopic (exact) mass is 518 g/mol. The summed E-state index contributed by atoms with van der Waals surface area (Å²) in [7, 11) is -3.76. The average Bonchev–Trinajstić information content (AvgIpc) is 3.21. The quantitative estimate of drug-likeness (QED) is 0.315. The minimum Gasteiger partial charge on any atom is -0.457 e. The van der Waals surface area contributed by atoms with E-state index in [4.69, 9.17) is 16.3 Å². The van der Waals surface area contributed by atoms with Crippen molar-refractivity contribution in [1.29, 1.82) is 0 Å². The van der Waals surface area contributed by atoms with Crippen LogP contribution in [0.1, 0.15) is 22.8 Å². The largest absolute Gasteiger partial charge is 0.457 e. The second-order valence-corrected chi connectivity index (χ2v) is 10.8. The third kappa shape index (κ3) is 4.80. The Morgan fingerprint density at radius 3 is 2.28 bits per heavy atom. The van der Waals surface area contributed by atoms with E-state index in [1.54, 1.807) is 54.6 Å². The van der Waals surface area contributed by atoms with E-state index in [0.29, 0.717) is 34.1 Å². The first-order chi connectivity index (χ1) is 17.3.